The summed E-state index contributed by atoms with van der Waals surface area (Å²) < 4.78 is 38.6. The van der Waals surface area contributed by atoms with Gasteiger partial charge in [-0.05, 0) is 81.4 Å². The molecule has 9 heteroatoms. The van der Waals surface area contributed by atoms with Crippen molar-refractivity contribution in [2.24, 2.45) is 5.92 Å². The maximum atomic E-state index is 13.4. The number of hydrogen-bond donors (Lipinski definition) is 1. The second-order valence-electron chi connectivity index (χ2n) is 12.3. The first-order valence-electron chi connectivity index (χ1n) is 15.1. The molecule has 1 N–H and O–H groups in total. The normalized spacial score (nSPS) is 23.1. The van der Waals surface area contributed by atoms with Gasteiger partial charge in [-0.25, -0.2) is 4.72 Å². The molecule has 1 saturated carbocycles. The SMILES string of the molecule is Cc1cccc2c1OCC1CCCN(C)CCN(C)S(=O)(=O)NC(=O)c3ccc4c(C5CCCCC5)c-2n(c4c3)C1. The van der Waals surface area contributed by atoms with Crippen LogP contribution in [-0.2, 0) is 16.8 Å². The third-order valence-corrected chi connectivity index (χ3v) is 10.8. The summed E-state index contributed by atoms with van der Waals surface area (Å²) in [4.78, 5) is 15.5. The van der Waals surface area contributed by atoms with Crippen LogP contribution in [0.5, 0.6) is 5.75 Å². The highest BCUT2D eigenvalue weighted by molar-refractivity contribution is 7.87. The van der Waals surface area contributed by atoms with Crippen molar-refractivity contribution >= 4 is 27.0 Å². The van der Waals surface area contributed by atoms with Crippen LogP contribution >= 0.6 is 0 Å². The van der Waals surface area contributed by atoms with Crippen LogP contribution in [0.15, 0.2) is 36.4 Å². The predicted octanol–water partition coefficient (Wildman–Crippen LogP) is 5.31. The van der Waals surface area contributed by atoms with Crippen molar-refractivity contribution in [1.29, 1.82) is 0 Å². The molecule has 1 fully saturated rings. The number of aromatic nitrogens is 1. The van der Waals surface area contributed by atoms with Crippen molar-refractivity contribution in [1.82, 2.24) is 18.5 Å². The van der Waals surface area contributed by atoms with Gasteiger partial charge in [0, 0.05) is 54.6 Å². The highest BCUT2D eigenvalue weighted by Crippen LogP contribution is 2.48. The van der Waals surface area contributed by atoms with Gasteiger partial charge in [-0.3, -0.25) is 4.79 Å². The van der Waals surface area contributed by atoms with Gasteiger partial charge in [0.1, 0.15) is 5.75 Å². The zero-order valence-corrected chi connectivity index (χ0v) is 25.3. The summed E-state index contributed by atoms with van der Waals surface area (Å²) in [6, 6.07) is 12.1. The van der Waals surface area contributed by atoms with Crippen LogP contribution in [0.3, 0.4) is 0 Å². The summed E-state index contributed by atoms with van der Waals surface area (Å²) in [7, 11) is -0.427. The predicted molar refractivity (Wildman–Crippen MR) is 163 cm³/mol. The number of nitrogens with zero attached hydrogens (tertiary/aromatic N) is 3. The van der Waals surface area contributed by atoms with Gasteiger partial charge in [-0.2, -0.15) is 12.7 Å². The third-order valence-electron chi connectivity index (χ3n) is 9.33. The van der Waals surface area contributed by atoms with E-state index in [-0.39, 0.29) is 0 Å². The lowest BCUT2D eigenvalue weighted by atomic mass is 9.81. The van der Waals surface area contributed by atoms with Gasteiger partial charge in [-0.15, -0.1) is 0 Å². The number of para-hydroxylation sites is 1. The molecule has 220 valence electrons. The Morgan fingerprint density at radius 3 is 2.56 bits per heavy atom. The molecule has 8 nitrogen and oxygen atoms in total. The van der Waals surface area contributed by atoms with Gasteiger partial charge >= 0.3 is 10.2 Å². The molecule has 1 atom stereocenters. The molecular weight excluding hydrogens is 536 g/mol. The highest BCUT2D eigenvalue weighted by Gasteiger charge is 2.32. The molecule has 1 amide bonds. The van der Waals surface area contributed by atoms with Crippen molar-refractivity contribution in [2.45, 2.75) is 64.3 Å². The summed E-state index contributed by atoms with van der Waals surface area (Å²) >= 11 is 0. The molecule has 1 aliphatic carbocycles. The molecule has 1 unspecified atom stereocenters. The van der Waals surface area contributed by atoms with Crippen LogP contribution in [0.25, 0.3) is 22.2 Å². The van der Waals surface area contributed by atoms with E-state index in [4.69, 9.17) is 4.74 Å². The fourth-order valence-electron chi connectivity index (χ4n) is 6.97. The molecule has 3 aliphatic rings. The number of amides is 1. The smallest absolute Gasteiger partial charge is 0.303 e. The van der Waals surface area contributed by atoms with Crippen LogP contribution in [0.4, 0.5) is 0 Å². The van der Waals surface area contributed by atoms with E-state index in [9.17, 15) is 13.2 Å². The van der Waals surface area contributed by atoms with Crippen LogP contribution in [0, 0.1) is 12.8 Å². The second-order valence-corrected chi connectivity index (χ2v) is 14.0. The number of likely N-dealkylation sites (N-methyl/N-ethyl adjacent to an activating group) is 2. The zero-order chi connectivity index (χ0) is 28.7. The van der Waals surface area contributed by atoms with Crippen LogP contribution in [0.1, 0.15) is 72.3 Å². The molecule has 3 heterocycles. The highest BCUT2D eigenvalue weighted by atomic mass is 32.2. The van der Waals surface area contributed by atoms with Gasteiger partial charge in [0.05, 0.1) is 12.3 Å². The maximum absolute atomic E-state index is 13.4. The average molecular weight is 579 g/mol. The summed E-state index contributed by atoms with van der Waals surface area (Å²) in [5, 5.41) is 1.16. The van der Waals surface area contributed by atoms with E-state index < -0.39 is 16.1 Å². The minimum Gasteiger partial charge on any atom is -0.492 e. The monoisotopic (exact) mass is 578 g/mol. The number of benzene rings is 2. The number of nitrogens with one attached hydrogen (secondary N) is 1. The molecule has 0 spiro atoms. The summed E-state index contributed by atoms with van der Waals surface area (Å²) in [5.41, 5.74) is 6.16. The van der Waals surface area contributed by atoms with Crippen molar-refractivity contribution < 1.29 is 17.9 Å². The molecule has 0 radical (unpaired) electrons. The van der Waals surface area contributed by atoms with Crippen molar-refractivity contribution in [3.8, 4) is 17.0 Å². The van der Waals surface area contributed by atoms with Crippen molar-refractivity contribution in [2.75, 3.05) is 40.3 Å². The number of hydrogen-bond acceptors (Lipinski definition) is 5. The fraction of sp³-hybridized carbons (Fsp3) is 0.531. The number of aryl methyl sites for hydroxylation is 1. The lowest BCUT2D eigenvalue weighted by Crippen LogP contribution is -2.44. The molecule has 0 saturated heterocycles. The van der Waals surface area contributed by atoms with Gasteiger partial charge in [-0.1, -0.05) is 37.5 Å². The lowest BCUT2D eigenvalue weighted by Gasteiger charge is -2.29. The second kappa shape index (κ2) is 11.4. The number of carbonyl (C=O) groups excluding carboxylic acids is 1. The quantitative estimate of drug-likeness (QED) is 0.424. The first-order valence-corrected chi connectivity index (χ1v) is 16.5. The number of fused-ring (bicyclic) bond motifs is 4. The summed E-state index contributed by atoms with van der Waals surface area (Å²) in [5.74, 6) is 1.09. The van der Waals surface area contributed by atoms with Gasteiger partial charge < -0.3 is 14.2 Å². The molecule has 1 aromatic heterocycles. The Labute approximate surface area is 243 Å². The minimum absolute atomic E-state index is 0.303. The van der Waals surface area contributed by atoms with Crippen LogP contribution < -0.4 is 9.46 Å². The molecule has 4 bridgehead atoms. The molecule has 2 aromatic carbocycles. The Bertz CT molecular complexity index is 1560. The van der Waals surface area contributed by atoms with Crippen LogP contribution in [-0.4, -0.2) is 68.4 Å². The number of carbonyl (C=O) groups is 1. The largest absolute Gasteiger partial charge is 0.492 e. The van der Waals surface area contributed by atoms with E-state index in [0.717, 1.165) is 66.6 Å². The lowest BCUT2D eigenvalue weighted by molar-refractivity contribution is 0.0979. The zero-order valence-electron chi connectivity index (χ0n) is 24.5. The van der Waals surface area contributed by atoms with Crippen molar-refractivity contribution in [3.63, 3.8) is 0 Å². The van der Waals surface area contributed by atoms with E-state index in [1.165, 1.54) is 41.9 Å². The Morgan fingerprint density at radius 2 is 1.76 bits per heavy atom. The average Bonchev–Trinajstić information content (AvgIpc) is 3.26. The van der Waals surface area contributed by atoms with E-state index >= 15 is 0 Å². The Hall–Kier alpha value is -2.88. The van der Waals surface area contributed by atoms with E-state index in [0.29, 0.717) is 37.1 Å². The van der Waals surface area contributed by atoms with Gasteiger partial charge in [0.15, 0.2) is 0 Å². The first kappa shape index (κ1) is 28.2. The maximum Gasteiger partial charge on any atom is 0.303 e. The number of rotatable bonds is 1. The summed E-state index contributed by atoms with van der Waals surface area (Å²) in [6.07, 6.45) is 8.00. The number of ether oxygens (including phenoxy) is 1. The molecule has 6 rings (SSSR count). The summed E-state index contributed by atoms with van der Waals surface area (Å²) in [6.45, 7) is 5.31. The topological polar surface area (TPSA) is 83.9 Å². The molecule has 2 aliphatic heterocycles. The van der Waals surface area contributed by atoms with Gasteiger partial charge in [0.25, 0.3) is 5.91 Å². The standard InChI is InChI=1S/C32H42N4O4S/c1-22-9-7-13-27-30-29(24-11-5-4-6-12-24)26-15-14-25-19-28(26)36(30)20-23(21-40-31(22)27)10-8-16-34(2)17-18-35(3)41(38,39)33-32(25)37/h7,9,13-15,19,23-24H,4-6,8,10-12,16-18,20-21H2,1-3H3,(H,33,37). The minimum atomic E-state index is -3.96. The van der Waals surface area contributed by atoms with E-state index in [1.807, 2.05) is 19.2 Å². The fourth-order valence-corrected chi connectivity index (χ4v) is 7.80. The first-order chi connectivity index (χ1) is 19.7. The molecule has 3 aromatic rings. The molecule has 41 heavy (non-hydrogen) atoms. The Morgan fingerprint density at radius 1 is 0.951 bits per heavy atom. The van der Waals surface area contributed by atoms with Crippen molar-refractivity contribution in [3.05, 3.63) is 53.1 Å². The van der Waals surface area contributed by atoms with E-state index in [2.05, 4.69) is 39.3 Å². The Kier molecular flexibility index (Phi) is 7.87. The Balaban J connectivity index is 1.58. The van der Waals surface area contributed by atoms with Crippen LogP contribution in [0.2, 0.25) is 0 Å². The van der Waals surface area contributed by atoms with E-state index in [1.54, 1.807) is 6.07 Å². The molecular formula is C32H42N4O4S. The van der Waals surface area contributed by atoms with Gasteiger partial charge in [0.2, 0.25) is 0 Å². The third kappa shape index (κ3) is 5.51.